The maximum atomic E-state index is 11.7. The van der Waals surface area contributed by atoms with Gasteiger partial charge in [-0.15, -0.1) is 0 Å². The monoisotopic (exact) mass is 246 g/mol. The molecule has 1 fully saturated rings. The van der Waals surface area contributed by atoms with E-state index in [0.29, 0.717) is 31.9 Å². The summed E-state index contributed by atoms with van der Waals surface area (Å²) < 4.78 is 10.4. The van der Waals surface area contributed by atoms with Crippen LogP contribution in [0.15, 0.2) is 24.3 Å². The van der Waals surface area contributed by atoms with Gasteiger partial charge in [0, 0.05) is 6.54 Å². The van der Waals surface area contributed by atoms with E-state index in [1.54, 1.807) is 12.1 Å². The maximum Gasteiger partial charge on any atom is 0.251 e. The van der Waals surface area contributed by atoms with Gasteiger partial charge in [0.2, 0.25) is 0 Å². The van der Waals surface area contributed by atoms with Crippen LogP contribution in [0.5, 0.6) is 0 Å². The molecule has 1 amide bonds. The van der Waals surface area contributed by atoms with Gasteiger partial charge in [-0.1, -0.05) is 12.1 Å². The molecule has 5 heteroatoms. The van der Waals surface area contributed by atoms with E-state index in [4.69, 9.17) is 14.7 Å². The van der Waals surface area contributed by atoms with Crippen molar-refractivity contribution >= 4 is 5.91 Å². The Hall–Kier alpha value is -1.90. The minimum Gasteiger partial charge on any atom is -0.376 e. The van der Waals surface area contributed by atoms with Crippen LogP contribution in [0, 0.1) is 11.3 Å². The minimum absolute atomic E-state index is 0.168. The molecule has 1 aromatic rings. The third kappa shape index (κ3) is 3.29. The second kappa shape index (κ2) is 6.15. The number of carbonyl (C=O) groups is 1. The number of nitriles is 1. The molecule has 1 N–H and O–H groups in total. The number of rotatable bonds is 3. The number of amides is 1. The molecule has 1 aromatic carbocycles. The number of benzene rings is 1. The first-order chi connectivity index (χ1) is 8.79. The minimum atomic E-state index is -0.517. The van der Waals surface area contributed by atoms with Gasteiger partial charge in [-0.05, 0) is 17.7 Å². The molecule has 0 aliphatic carbocycles. The fraction of sp³-hybridized carbons (Fsp3) is 0.385. The van der Waals surface area contributed by atoms with E-state index in [2.05, 4.69) is 5.32 Å². The van der Waals surface area contributed by atoms with Crippen LogP contribution in [0.4, 0.5) is 0 Å². The first kappa shape index (κ1) is 12.6. The zero-order chi connectivity index (χ0) is 12.8. The quantitative estimate of drug-likeness (QED) is 0.847. The average Bonchev–Trinajstić information content (AvgIpc) is 2.46. The van der Waals surface area contributed by atoms with Crippen LogP contribution >= 0.6 is 0 Å². The van der Waals surface area contributed by atoms with Crippen molar-refractivity contribution in [3.63, 3.8) is 0 Å². The topological polar surface area (TPSA) is 71.4 Å². The SMILES string of the molecule is N#Cc1ccc(CNC(=O)C2COCCO2)cc1. The normalized spacial score (nSPS) is 18.9. The number of hydrogen-bond donors (Lipinski definition) is 1. The lowest BCUT2D eigenvalue weighted by atomic mass is 10.1. The molecule has 1 aliphatic heterocycles. The second-order valence-electron chi connectivity index (χ2n) is 3.96. The number of ether oxygens (including phenoxy) is 2. The Kier molecular flexibility index (Phi) is 4.29. The molecule has 2 rings (SSSR count). The van der Waals surface area contributed by atoms with Gasteiger partial charge in [0.05, 0.1) is 31.5 Å². The van der Waals surface area contributed by atoms with Crippen LogP contribution in [-0.2, 0) is 20.8 Å². The fourth-order valence-corrected chi connectivity index (χ4v) is 1.64. The summed E-state index contributed by atoms with van der Waals surface area (Å²) in [6.45, 7) is 1.72. The highest BCUT2D eigenvalue weighted by Gasteiger charge is 2.21. The molecule has 1 heterocycles. The molecule has 0 radical (unpaired) electrons. The molecule has 0 bridgehead atoms. The predicted molar refractivity (Wildman–Crippen MR) is 63.6 cm³/mol. The third-order valence-electron chi connectivity index (χ3n) is 2.66. The predicted octanol–water partition coefficient (Wildman–Crippen LogP) is 0.590. The molecule has 1 unspecified atom stereocenters. The van der Waals surface area contributed by atoms with E-state index >= 15 is 0 Å². The van der Waals surface area contributed by atoms with Crippen molar-refractivity contribution in [1.82, 2.24) is 5.32 Å². The van der Waals surface area contributed by atoms with Gasteiger partial charge >= 0.3 is 0 Å². The van der Waals surface area contributed by atoms with Gasteiger partial charge in [-0.2, -0.15) is 5.26 Å². The van der Waals surface area contributed by atoms with Crippen molar-refractivity contribution in [3.05, 3.63) is 35.4 Å². The highest BCUT2D eigenvalue weighted by atomic mass is 16.6. The molecule has 1 saturated heterocycles. The van der Waals surface area contributed by atoms with Crippen LogP contribution in [-0.4, -0.2) is 31.8 Å². The smallest absolute Gasteiger partial charge is 0.251 e. The van der Waals surface area contributed by atoms with Crippen molar-refractivity contribution < 1.29 is 14.3 Å². The third-order valence-corrected chi connectivity index (χ3v) is 2.66. The molecular weight excluding hydrogens is 232 g/mol. The number of hydrogen-bond acceptors (Lipinski definition) is 4. The van der Waals surface area contributed by atoms with E-state index in [0.717, 1.165) is 5.56 Å². The van der Waals surface area contributed by atoms with Gasteiger partial charge in [0.15, 0.2) is 6.10 Å². The summed E-state index contributed by atoms with van der Waals surface area (Å²) in [5.41, 5.74) is 1.55. The lowest BCUT2D eigenvalue weighted by Gasteiger charge is -2.22. The average molecular weight is 246 g/mol. The maximum absolute atomic E-state index is 11.7. The number of nitrogens with zero attached hydrogens (tertiary/aromatic N) is 1. The molecule has 5 nitrogen and oxygen atoms in total. The van der Waals surface area contributed by atoms with Crippen LogP contribution in [0.3, 0.4) is 0 Å². The Morgan fingerprint density at radius 3 is 2.78 bits per heavy atom. The van der Waals surface area contributed by atoms with E-state index in [-0.39, 0.29) is 5.91 Å². The van der Waals surface area contributed by atoms with Crippen LogP contribution in [0.25, 0.3) is 0 Å². The summed E-state index contributed by atoms with van der Waals surface area (Å²) in [4.78, 5) is 11.7. The number of carbonyl (C=O) groups excluding carboxylic acids is 1. The van der Waals surface area contributed by atoms with E-state index < -0.39 is 6.10 Å². The first-order valence-corrected chi connectivity index (χ1v) is 5.75. The van der Waals surface area contributed by atoms with Crippen molar-refractivity contribution in [2.24, 2.45) is 0 Å². The summed E-state index contributed by atoms with van der Waals surface area (Å²) >= 11 is 0. The molecule has 0 aromatic heterocycles. The molecule has 18 heavy (non-hydrogen) atoms. The highest BCUT2D eigenvalue weighted by Crippen LogP contribution is 2.04. The van der Waals surface area contributed by atoms with Gasteiger partial charge in [0.1, 0.15) is 0 Å². The molecule has 1 aliphatic rings. The van der Waals surface area contributed by atoms with Crippen molar-refractivity contribution in [2.75, 3.05) is 19.8 Å². The molecule has 94 valence electrons. The van der Waals surface area contributed by atoms with Gasteiger partial charge < -0.3 is 14.8 Å². The van der Waals surface area contributed by atoms with E-state index in [1.165, 1.54) is 0 Å². The second-order valence-corrected chi connectivity index (χ2v) is 3.96. The Morgan fingerprint density at radius 1 is 1.39 bits per heavy atom. The summed E-state index contributed by atoms with van der Waals surface area (Å²) in [6.07, 6.45) is -0.517. The Labute approximate surface area is 105 Å². The Balaban J connectivity index is 1.83. The molecule has 0 saturated carbocycles. The zero-order valence-corrected chi connectivity index (χ0v) is 9.89. The standard InChI is InChI=1S/C13H14N2O3/c14-7-10-1-3-11(4-2-10)8-15-13(16)12-9-17-5-6-18-12/h1-4,12H,5-6,8-9H2,(H,15,16). The Bertz CT molecular complexity index is 444. The Morgan fingerprint density at radius 2 is 2.17 bits per heavy atom. The highest BCUT2D eigenvalue weighted by molar-refractivity contribution is 5.80. The summed E-state index contributed by atoms with van der Waals surface area (Å²) in [5, 5.41) is 11.4. The first-order valence-electron chi connectivity index (χ1n) is 5.75. The van der Waals surface area contributed by atoms with E-state index in [1.807, 2.05) is 18.2 Å². The van der Waals surface area contributed by atoms with Crippen LogP contribution < -0.4 is 5.32 Å². The van der Waals surface area contributed by atoms with Crippen molar-refractivity contribution in [2.45, 2.75) is 12.6 Å². The van der Waals surface area contributed by atoms with Gasteiger partial charge in [0.25, 0.3) is 5.91 Å². The van der Waals surface area contributed by atoms with Gasteiger partial charge in [-0.3, -0.25) is 4.79 Å². The van der Waals surface area contributed by atoms with Crippen molar-refractivity contribution in [3.8, 4) is 6.07 Å². The summed E-state index contributed by atoms with van der Waals surface area (Å²) in [6, 6.07) is 9.13. The van der Waals surface area contributed by atoms with E-state index in [9.17, 15) is 4.79 Å². The molecular formula is C13H14N2O3. The van der Waals surface area contributed by atoms with Crippen LogP contribution in [0.2, 0.25) is 0 Å². The zero-order valence-electron chi connectivity index (χ0n) is 9.89. The summed E-state index contributed by atoms with van der Waals surface area (Å²) in [5.74, 6) is -0.168. The molecule has 1 atom stereocenters. The van der Waals surface area contributed by atoms with Gasteiger partial charge in [-0.25, -0.2) is 0 Å². The molecule has 0 spiro atoms. The lowest BCUT2D eigenvalue weighted by molar-refractivity contribution is -0.147. The lowest BCUT2D eigenvalue weighted by Crippen LogP contribution is -2.42. The fourth-order valence-electron chi connectivity index (χ4n) is 1.64. The van der Waals surface area contributed by atoms with Crippen molar-refractivity contribution in [1.29, 1.82) is 5.26 Å². The van der Waals surface area contributed by atoms with Crippen LogP contribution in [0.1, 0.15) is 11.1 Å². The summed E-state index contributed by atoms with van der Waals surface area (Å²) in [7, 11) is 0. The number of nitrogens with one attached hydrogen (secondary N) is 1. The largest absolute Gasteiger partial charge is 0.376 e.